The van der Waals surface area contributed by atoms with E-state index in [-0.39, 0.29) is 19.4 Å². The molecule has 0 heterocycles. The first-order chi connectivity index (χ1) is 30.3. The fourth-order valence-corrected chi connectivity index (χ4v) is 8.36. The zero-order valence-corrected chi connectivity index (χ0v) is 41.7. The summed E-state index contributed by atoms with van der Waals surface area (Å²) >= 11 is 0. The second kappa shape index (κ2) is 49.0. The molecule has 0 rings (SSSR count). The number of phosphoric acid groups is 1. The number of hydrogen-bond acceptors (Lipinski definition) is 6. The lowest BCUT2D eigenvalue weighted by Crippen LogP contribution is -2.29. The van der Waals surface area contributed by atoms with E-state index >= 15 is 0 Å². The second-order valence-electron chi connectivity index (χ2n) is 18.2. The highest BCUT2D eigenvalue weighted by Gasteiger charge is 2.23. The summed E-state index contributed by atoms with van der Waals surface area (Å²) in [6, 6.07) is 0. The predicted octanol–water partition coefficient (Wildman–Crippen LogP) is 17.1. The first-order valence-electron chi connectivity index (χ1n) is 26.6. The van der Waals surface area contributed by atoms with Gasteiger partial charge in [-0.15, -0.1) is 0 Å². The summed E-state index contributed by atoms with van der Waals surface area (Å²) in [6.07, 6.45) is 59.2. The number of ether oxygens (including phenoxy) is 2. The highest BCUT2D eigenvalue weighted by Crippen LogP contribution is 2.36. The van der Waals surface area contributed by atoms with Gasteiger partial charge in [0.05, 0.1) is 6.61 Å². The van der Waals surface area contributed by atoms with Gasteiger partial charge in [-0.2, -0.15) is 0 Å². The van der Waals surface area contributed by atoms with Gasteiger partial charge in [0.15, 0.2) is 6.10 Å². The van der Waals surface area contributed by atoms with Gasteiger partial charge in [-0.05, 0) is 44.9 Å². The van der Waals surface area contributed by atoms with Crippen molar-refractivity contribution in [2.24, 2.45) is 0 Å². The molecular weight excluding hydrogens is 796 g/mol. The summed E-state index contributed by atoms with van der Waals surface area (Å²) in [4.78, 5) is 43.1. The van der Waals surface area contributed by atoms with Gasteiger partial charge in [-0.25, -0.2) is 4.57 Å². The summed E-state index contributed by atoms with van der Waals surface area (Å²) < 4.78 is 26.6. The molecule has 0 aromatic carbocycles. The van der Waals surface area contributed by atoms with E-state index in [0.717, 1.165) is 51.4 Å². The van der Waals surface area contributed by atoms with Crippen molar-refractivity contribution < 1.29 is 37.9 Å². The van der Waals surface area contributed by atoms with Gasteiger partial charge >= 0.3 is 19.8 Å². The number of unbranched alkanes of at least 4 members (excludes halogenated alkanes) is 36. The molecule has 0 spiro atoms. The molecule has 1 unspecified atom stereocenters. The minimum atomic E-state index is -4.76. The van der Waals surface area contributed by atoms with E-state index in [1.54, 1.807) is 0 Å². The third-order valence-corrected chi connectivity index (χ3v) is 12.5. The molecule has 0 bridgehead atoms. The molecule has 9 heteroatoms. The van der Waals surface area contributed by atoms with E-state index in [4.69, 9.17) is 19.3 Å². The fourth-order valence-electron chi connectivity index (χ4n) is 8.00. The molecule has 1 atom stereocenters. The standard InChI is InChI=1S/C53H101O8P/c1-3-5-7-9-11-13-15-17-19-21-23-25-26-28-29-31-33-35-37-39-41-43-45-47-52(54)59-49-51(50-60-62(56,57)58)61-53(55)48-46-44-42-40-38-36-34-32-30-27-24-22-20-18-16-14-12-10-8-6-4-2/h16,18,22,24,51H,3-15,17,19-21,23,25-50H2,1-2H3,(H2,56,57,58)/b18-16-,24-22-. The molecule has 0 aliphatic carbocycles. The fraction of sp³-hybridized carbons (Fsp3) is 0.887. The smallest absolute Gasteiger partial charge is 0.462 e. The Hall–Kier alpha value is -1.47. The van der Waals surface area contributed by atoms with Crippen LogP contribution in [-0.4, -0.2) is 41.0 Å². The molecule has 366 valence electrons. The molecule has 0 aliphatic rings. The summed E-state index contributed by atoms with van der Waals surface area (Å²) in [5.41, 5.74) is 0. The van der Waals surface area contributed by atoms with E-state index < -0.39 is 32.5 Å². The Morgan fingerprint density at radius 3 is 1.06 bits per heavy atom. The largest absolute Gasteiger partial charge is 0.469 e. The van der Waals surface area contributed by atoms with Gasteiger partial charge in [0.1, 0.15) is 6.61 Å². The van der Waals surface area contributed by atoms with Crippen LogP contribution in [-0.2, 0) is 28.2 Å². The van der Waals surface area contributed by atoms with E-state index in [2.05, 4.69) is 42.7 Å². The molecule has 0 aliphatic heterocycles. The normalized spacial score (nSPS) is 12.5. The zero-order valence-electron chi connectivity index (χ0n) is 40.8. The molecular formula is C53H101O8P. The Morgan fingerprint density at radius 1 is 0.419 bits per heavy atom. The Balaban J connectivity index is 3.77. The number of allylic oxidation sites excluding steroid dienone is 4. The van der Waals surface area contributed by atoms with Gasteiger partial charge in [0, 0.05) is 12.8 Å². The van der Waals surface area contributed by atoms with Crippen LogP contribution < -0.4 is 0 Å². The van der Waals surface area contributed by atoms with Crippen molar-refractivity contribution in [3.63, 3.8) is 0 Å². The summed E-state index contributed by atoms with van der Waals surface area (Å²) in [5, 5.41) is 0. The van der Waals surface area contributed by atoms with Gasteiger partial charge in [0.25, 0.3) is 0 Å². The van der Waals surface area contributed by atoms with Crippen LogP contribution in [0.2, 0.25) is 0 Å². The predicted molar refractivity (Wildman–Crippen MR) is 262 cm³/mol. The van der Waals surface area contributed by atoms with Crippen LogP contribution in [0.1, 0.15) is 284 Å². The van der Waals surface area contributed by atoms with Crippen LogP contribution in [0.15, 0.2) is 24.3 Å². The molecule has 2 N–H and O–H groups in total. The average molecular weight is 897 g/mol. The Bertz CT molecular complexity index is 1060. The number of esters is 2. The Labute approximate surface area is 383 Å². The molecule has 8 nitrogen and oxygen atoms in total. The van der Waals surface area contributed by atoms with Crippen molar-refractivity contribution in [3.8, 4) is 0 Å². The SMILES string of the molecule is CCCCCCC/C=C\C/C=C\CCCCCCCCCCCC(=O)OC(COC(=O)CCCCCCCCCCCCCCCCCCCCCCCCC)COP(=O)(O)O. The third-order valence-electron chi connectivity index (χ3n) is 12.0. The van der Waals surface area contributed by atoms with E-state index in [0.29, 0.717) is 6.42 Å². The first kappa shape index (κ1) is 60.5. The van der Waals surface area contributed by atoms with Crippen molar-refractivity contribution in [1.82, 2.24) is 0 Å². The summed E-state index contributed by atoms with van der Waals surface area (Å²) in [5.74, 6) is -0.873. The van der Waals surface area contributed by atoms with Gasteiger partial charge in [-0.1, -0.05) is 250 Å². The van der Waals surface area contributed by atoms with E-state index in [9.17, 15) is 14.2 Å². The average Bonchev–Trinajstić information content (AvgIpc) is 3.25. The van der Waals surface area contributed by atoms with E-state index in [1.165, 1.54) is 199 Å². The molecule has 0 radical (unpaired) electrons. The molecule has 0 saturated heterocycles. The van der Waals surface area contributed by atoms with Crippen LogP contribution in [0.5, 0.6) is 0 Å². The van der Waals surface area contributed by atoms with Gasteiger partial charge < -0.3 is 19.3 Å². The first-order valence-corrected chi connectivity index (χ1v) is 28.2. The van der Waals surface area contributed by atoms with Crippen molar-refractivity contribution >= 4 is 19.8 Å². The summed E-state index contributed by atoms with van der Waals surface area (Å²) in [7, 11) is -4.76. The van der Waals surface area contributed by atoms with Crippen molar-refractivity contribution in [1.29, 1.82) is 0 Å². The molecule has 0 aromatic rings. The second-order valence-corrected chi connectivity index (χ2v) is 19.5. The number of carbonyl (C=O) groups excluding carboxylic acids is 2. The van der Waals surface area contributed by atoms with E-state index in [1.807, 2.05) is 0 Å². The number of carbonyl (C=O) groups is 2. The highest BCUT2D eigenvalue weighted by molar-refractivity contribution is 7.46. The van der Waals surface area contributed by atoms with Crippen molar-refractivity contribution in [2.45, 2.75) is 290 Å². The molecule has 0 aromatic heterocycles. The lowest BCUT2D eigenvalue weighted by molar-refractivity contribution is -0.161. The minimum absolute atomic E-state index is 0.211. The Morgan fingerprint density at radius 2 is 0.726 bits per heavy atom. The van der Waals surface area contributed by atoms with Gasteiger partial charge in [0.2, 0.25) is 0 Å². The lowest BCUT2D eigenvalue weighted by Gasteiger charge is -2.18. The van der Waals surface area contributed by atoms with Crippen molar-refractivity contribution in [2.75, 3.05) is 13.2 Å². The van der Waals surface area contributed by atoms with Crippen molar-refractivity contribution in [3.05, 3.63) is 24.3 Å². The topological polar surface area (TPSA) is 119 Å². The number of phosphoric ester groups is 1. The molecule has 0 amide bonds. The molecule has 0 fully saturated rings. The maximum absolute atomic E-state index is 12.5. The lowest BCUT2D eigenvalue weighted by atomic mass is 10.0. The zero-order chi connectivity index (χ0) is 45.3. The summed E-state index contributed by atoms with van der Waals surface area (Å²) in [6.45, 7) is 3.73. The van der Waals surface area contributed by atoms with Crippen LogP contribution >= 0.6 is 7.82 Å². The third kappa shape index (κ3) is 51.2. The maximum atomic E-state index is 12.5. The highest BCUT2D eigenvalue weighted by atomic mass is 31.2. The monoisotopic (exact) mass is 897 g/mol. The molecule has 62 heavy (non-hydrogen) atoms. The number of hydrogen-bond donors (Lipinski definition) is 2. The van der Waals surface area contributed by atoms with Crippen LogP contribution in [0.25, 0.3) is 0 Å². The van der Waals surface area contributed by atoms with Crippen LogP contribution in [0.3, 0.4) is 0 Å². The van der Waals surface area contributed by atoms with Gasteiger partial charge in [-0.3, -0.25) is 14.1 Å². The quantitative estimate of drug-likeness (QED) is 0.0268. The maximum Gasteiger partial charge on any atom is 0.469 e. The van der Waals surface area contributed by atoms with Crippen LogP contribution in [0, 0.1) is 0 Å². The number of rotatable bonds is 50. The minimum Gasteiger partial charge on any atom is -0.462 e. The van der Waals surface area contributed by atoms with Crippen LogP contribution in [0.4, 0.5) is 0 Å². The molecule has 0 saturated carbocycles. The Kier molecular flexibility index (Phi) is 47.8.